The summed E-state index contributed by atoms with van der Waals surface area (Å²) < 4.78 is 15.3. The van der Waals surface area contributed by atoms with Gasteiger partial charge >= 0.3 is 5.96 Å². The molecule has 3 aliphatic rings. The van der Waals surface area contributed by atoms with Crippen molar-refractivity contribution in [3.63, 3.8) is 0 Å². The molecule has 4 rings (SSSR count). The van der Waals surface area contributed by atoms with E-state index in [4.69, 9.17) is 15.2 Å². The van der Waals surface area contributed by atoms with E-state index in [9.17, 15) is 10.1 Å². The van der Waals surface area contributed by atoms with Gasteiger partial charge in [-0.05, 0) is 66.2 Å². The maximum Gasteiger partial charge on any atom is 0.445 e. The van der Waals surface area contributed by atoms with E-state index >= 15 is 0 Å². The highest BCUT2D eigenvalue weighted by molar-refractivity contribution is 5.99. The van der Waals surface area contributed by atoms with Crippen LogP contribution in [0.25, 0.3) is 0 Å². The molecule has 0 radical (unpaired) electrons. The van der Waals surface area contributed by atoms with Crippen LogP contribution < -0.4 is 10.4 Å². The summed E-state index contributed by atoms with van der Waals surface area (Å²) in [4.78, 5) is 16.0. The molecule has 2 N–H and O–H groups in total. The molecule has 7 nitrogen and oxygen atoms in total. The number of fused-ring (bicyclic) bond motifs is 2. The van der Waals surface area contributed by atoms with Crippen LogP contribution in [-0.4, -0.2) is 56.5 Å². The van der Waals surface area contributed by atoms with Crippen LogP contribution in [0, 0.1) is 40.4 Å². The summed E-state index contributed by atoms with van der Waals surface area (Å²) in [7, 11) is 1.79. The van der Waals surface area contributed by atoms with Crippen molar-refractivity contribution < 1.29 is 14.3 Å². The summed E-state index contributed by atoms with van der Waals surface area (Å²) in [5.41, 5.74) is 8.79. The van der Waals surface area contributed by atoms with Gasteiger partial charge in [-0.3, -0.25) is 15.2 Å². The first kappa shape index (κ1) is 24.5. The number of amides is 1. The molecule has 7 heteroatoms. The summed E-state index contributed by atoms with van der Waals surface area (Å²) in [5, 5.41) is 9.62. The number of carbonyl (C=O) groups excluding carboxylic acids is 1. The summed E-state index contributed by atoms with van der Waals surface area (Å²) in [6.45, 7) is 11.8. The Morgan fingerprint density at radius 3 is 2.71 bits per heavy atom. The summed E-state index contributed by atoms with van der Waals surface area (Å²) in [6.07, 6.45) is 2.92. The van der Waals surface area contributed by atoms with Crippen LogP contribution in [0.5, 0.6) is 0 Å². The van der Waals surface area contributed by atoms with Gasteiger partial charge in [-0.25, -0.2) is 0 Å². The number of methoxy groups -OCH3 is 1. The molecule has 1 aromatic rings. The molecule has 2 aliphatic carbocycles. The van der Waals surface area contributed by atoms with Crippen LogP contribution in [0.2, 0.25) is 0 Å². The first-order valence-corrected chi connectivity index (χ1v) is 12.3. The topological polar surface area (TPSA) is 103 Å². The van der Waals surface area contributed by atoms with E-state index in [1.54, 1.807) is 12.0 Å². The predicted octanol–water partition coefficient (Wildman–Crippen LogP) is 2.46. The van der Waals surface area contributed by atoms with Gasteiger partial charge in [0.15, 0.2) is 0 Å². The first-order chi connectivity index (χ1) is 16.2. The first-order valence-electron chi connectivity index (χ1n) is 12.3. The Morgan fingerprint density at radius 2 is 2.12 bits per heavy atom. The van der Waals surface area contributed by atoms with Crippen LogP contribution >= 0.6 is 0 Å². The number of aryl methyl sites for hydroxylation is 1. The Balaban J connectivity index is 1.82. The second kappa shape index (κ2) is 9.54. The average Bonchev–Trinajstić information content (AvgIpc) is 2.97. The number of rotatable bonds is 4. The highest BCUT2D eigenvalue weighted by atomic mass is 16.5. The van der Waals surface area contributed by atoms with Gasteiger partial charge in [0.05, 0.1) is 43.4 Å². The molecular weight excluding hydrogens is 428 g/mol. The molecule has 1 saturated carbocycles. The lowest BCUT2D eigenvalue weighted by molar-refractivity contribution is -0.143. The van der Waals surface area contributed by atoms with Gasteiger partial charge in [-0.2, -0.15) is 10.2 Å². The summed E-state index contributed by atoms with van der Waals surface area (Å²) in [6, 6.07) is 8.06. The number of nitriles is 1. The highest BCUT2D eigenvalue weighted by Crippen LogP contribution is 2.51. The molecule has 1 aliphatic heterocycles. The molecule has 0 spiro atoms. The summed E-state index contributed by atoms with van der Waals surface area (Å²) >= 11 is 0. The molecule has 6 atom stereocenters. The molecule has 2 unspecified atom stereocenters. The van der Waals surface area contributed by atoms with Crippen molar-refractivity contribution in [2.24, 2.45) is 34.8 Å². The van der Waals surface area contributed by atoms with Gasteiger partial charge < -0.3 is 9.47 Å². The minimum atomic E-state index is -0.400. The number of benzene rings is 1. The van der Waals surface area contributed by atoms with E-state index in [-0.39, 0.29) is 29.3 Å². The fourth-order valence-corrected chi connectivity index (χ4v) is 6.70. The van der Waals surface area contributed by atoms with E-state index in [1.165, 1.54) is 0 Å². The number of nitrogens with zero attached hydrogens (tertiary/aromatic N) is 3. The smallest absolute Gasteiger partial charge is 0.381 e. The molecule has 34 heavy (non-hydrogen) atoms. The largest absolute Gasteiger partial charge is 0.445 e. The van der Waals surface area contributed by atoms with Crippen molar-refractivity contribution in [1.82, 2.24) is 9.57 Å². The van der Waals surface area contributed by atoms with Crippen molar-refractivity contribution in [1.29, 1.82) is 5.26 Å². The van der Waals surface area contributed by atoms with E-state index in [2.05, 4.69) is 38.2 Å². The molecule has 1 amide bonds. The van der Waals surface area contributed by atoms with E-state index in [0.29, 0.717) is 43.1 Å². The quantitative estimate of drug-likeness (QED) is 0.418. The third-order valence-corrected chi connectivity index (χ3v) is 8.42. The lowest BCUT2D eigenvalue weighted by Crippen LogP contribution is -2.56. The Morgan fingerprint density at radius 1 is 1.38 bits per heavy atom. The SMILES string of the molecule is C=[N+]=C(N)N(CC1(C)COC1)C(=O)[C@@H]1c2cc(C#N)ccc2CCC2C1C[C@@H](C)[C@H](OC)[C@H]2C. The Hall–Kier alpha value is -2.65. The molecule has 2 fully saturated rings. The van der Waals surface area contributed by atoms with Crippen molar-refractivity contribution in [3.8, 4) is 6.07 Å². The standard InChI is InChI=1S/C27H36N4O3/c1-16-10-22-20(17(2)24(16)33-5)9-8-19-7-6-18(12-28)11-21(19)23(22)25(32)31(26(29)30-4)13-27(3)14-34-15-27/h6-7,11,16-17,20,22-24,29H,4,8-10,13-15H2,1-3,5H3/p+1/t16-,17+,20?,22?,23-,24+/m1/s1. The van der Waals surface area contributed by atoms with Gasteiger partial charge in [-0.1, -0.05) is 26.8 Å². The van der Waals surface area contributed by atoms with Gasteiger partial charge in [-0.15, -0.1) is 0 Å². The minimum absolute atomic E-state index is 0.0541. The van der Waals surface area contributed by atoms with Gasteiger partial charge in [0.2, 0.25) is 0 Å². The Kier molecular flexibility index (Phi) is 6.87. The normalized spacial score (nSPS) is 31.5. The molecule has 0 bridgehead atoms. The third kappa shape index (κ3) is 4.27. The average molecular weight is 466 g/mol. The maximum atomic E-state index is 14.4. The fraction of sp³-hybridized carbons (Fsp3) is 0.630. The van der Waals surface area contributed by atoms with Crippen LogP contribution in [0.3, 0.4) is 0 Å². The van der Waals surface area contributed by atoms with E-state index in [0.717, 1.165) is 30.4 Å². The monoisotopic (exact) mass is 465 g/mol. The van der Waals surface area contributed by atoms with Gasteiger partial charge in [0, 0.05) is 12.5 Å². The predicted molar refractivity (Wildman–Crippen MR) is 132 cm³/mol. The van der Waals surface area contributed by atoms with E-state index < -0.39 is 5.92 Å². The molecule has 0 aromatic heterocycles. The molecular formula is C27H37N4O3+. The molecule has 182 valence electrons. The van der Waals surface area contributed by atoms with Crippen molar-refractivity contribution in [2.75, 3.05) is 26.9 Å². The van der Waals surface area contributed by atoms with E-state index in [1.807, 2.05) is 18.2 Å². The number of hydrogen-bond acceptors (Lipinski definition) is 4. The maximum absolute atomic E-state index is 14.4. The molecule has 1 saturated heterocycles. The number of ether oxygens (including phenoxy) is 2. The second-order valence-corrected chi connectivity index (χ2v) is 10.9. The molecule has 1 heterocycles. The Bertz CT molecular complexity index is 1040. The minimum Gasteiger partial charge on any atom is -0.381 e. The lowest BCUT2D eigenvalue weighted by atomic mass is 9.61. The number of guanidine groups is 1. The zero-order valence-electron chi connectivity index (χ0n) is 20.8. The third-order valence-electron chi connectivity index (χ3n) is 8.42. The number of hydrogen-bond donors (Lipinski definition) is 1. The van der Waals surface area contributed by atoms with Gasteiger partial charge in [0.25, 0.3) is 5.91 Å². The number of nitrogens with two attached hydrogens (primary N) is 1. The zero-order chi connectivity index (χ0) is 24.6. The van der Waals surface area contributed by atoms with Gasteiger partial charge in [0.1, 0.15) is 6.72 Å². The van der Waals surface area contributed by atoms with Crippen LogP contribution in [0.15, 0.2) is 18.2 Å². The summed E-state index contributed by atoms with van der Waals surface area (Å²) in [5.74, 6) is 0.777. The second-order valence-electron chi connectivity index (χ2n) is 10.9. The zero-order valence-corrected chi connectivity index (χ0v) is 20.8. The fourth-order valence-electron chi connectivity index (χ4n) is 6.70. The van der Waals surface area contributed by atoms with Crippen molar-refractivity contribution >= 4 is 18.6 Å². The highest BCUT2D eigenvalue weighted by Gasteiger charge is 2.51. The molecule has 1 aromatic carbocycles. The van der Waals surface area contributed by atoms with Crippen LogP contribution in [-0.2, 0) is 20.7 Å². The van der Waals surface area contributed by atoms with Crippen LogP contribution in [0.4, 0.5) is 0 Å². The van der Waals surface area contributed by atoms with Crippen LogP contribution in [0.1, 0.15) is 56.2 Å². The Labute approximate surface area is 202 Å². The lowest BCUT2D eigenvalue weighted by Gasteiger charge is -2.46. The van der Waals surface area contributed by atoms with Crippen molar-refractivity contribution in [3.05, 3.63) is 34.9 Å². The van der Waals surface area contributed by atoms with Crippen molar-refractivity contribution in [2.45, 2.75) is 52.1 Å². The number of carbonyl (C=O) groups is 1.